The summed E-state index contributed by atoms with van der Waals surface area (Å²) in [5.41, 5.74) is 0.505. The van der Waals surface area contributed by atoms with E-state index in [1.54, 1.807) is 30.3 Å². The lowest BCUT2D eigenvalue weighted by atomic mass is 10.1. The largest absolute Gasteiger partial charge is 0.476 e. The molecule has 4 atom stereocenters. The second-order valence-electron chi connectivity index (χ2n) is 7.01. The summed E-state index contributed by atoms with van der Waals surface area (Å²) in [5.74, 6) is -1.50. The number of rotatable bonds is 6. The van der Waals surface area contributed by atoms with Gasteiger partial charge in [0.1, 0.15) is 11.6 Å². The predicted octanol–water partition coefficient (Wildman–Crippen LogP) is 3.13. The number of carbonyl (C=O) groups is 3. The molecule has 2 heterocycles. The number of benzene rings is 1. The molecule has 10 heteroatoms. The van der Waals surface area contributed by atoms with Gasteiger partial charge in [-0.25, -0.2) is 4.39 Å². The molecule has 0 radical (unpaired) electrons. The van der Waals surface area contributed by atoms with Crippen LogP contribution in [0, 0.1) is 5.82 Å². The molecule has 32 heavy (non-hydrogen) atoms. The number of aromatic nitrogens is 1. The normalized spacial score (nSPS) is 22.5. The van der Waals surface area contributed by atoms with Crippen molar-refractivity contribution >= 4 is 29.7 Å². The summed E-state index contributed by atoms with van der Waals surface area (Å²) in [5, 5.41) is 0. The molecule has 8 nitrogen and oxygen atoms in total. The molecule has 1 saturated heterocycles. The number of nitrogens with zero attached hydrogens (tertiary/aromatic N) is 1. The molecule has 0 unspecified atom stereocenters. The highest BCUT2D eigenvalue weighted by Crippen LogP contribution is 2.35. The van der Waals surface area contributed by atoms with Gasteiger partial charge in [-0.05, 0) is 24.3 Å². The summed E-state index contributed by atoms with van der Waals surface area (Å²) in [7, 11) is 0. The van der Waals surface area contributed by atoms with E-state index >= 15 is 0 Å². The minimum absolute atomic E-state index is 0.263. The first kappa shape index (κ1) is 23.5. The van der Waals surface area contributed by atoms with Crippen molar-refractivity contribution in [1.29, 1.82) is 0 Å². The van der Waals surface area contributed by atoms with Crippen LogP contribution < -0.4 is 4.74 Å². The minimum Gasteiger partial charge on any atom is -0.476 e. The second-order valence-corrected chi connectivity index (χ2v) is 8.14. The van der Waals surface area contributed by atoms with Crippen molar-refractivity contribution in [3.8, 4) is 17.0 Å². The smallest absolute Gasteiger partial charge is 0.303 e. The molecule has 1 aromatic carbocycles. The Balaban J connectivity index is 1.86. The van der Waals surface area contributed by atoms with Gasteiger partial charge in [0.2, 0.25) is 0 Å². The highest BCUT2D eigenvalue weighted by Gasteiger charge is 2.47. The van der Waals surface area contributed by atoms with Crippen molar-refractivity contribution in [2.24, 2.45) is 0 Å². The topological polar surface area (TPSA) is 101 Å². The number of ether oxygens (including phenoxy) is 4. The molecular formula is C22H22FNO7S. The van der Waals surface area contributed by atoms with Crippen molar-refractivity contribution in [1.82, 2.24) is 4.98 Å². The SMILES string of the molecule is CC(=O)O[C@@H]1[C@@H](OC(C)=O)[C@@H](Oc2cccc(-c3ccc(F)cn3)c2)SC[C@H]1OC(C)=O. The van der Waals surface area contributed by atoms with E-state index in [1.807, 2.05) is 0 Å². The zero-order valence-corrected chi connectivity index (χ0v) is 18.5. The standard InChI is InChI=1S/C22H22FNO7S/c1-12(25)28-19-11-32-22(21(30-14(3)27)20(19)29-13(2)26)31-17-6-4-5-15(9-17)18-8-7-16(23)10-24-18/h4-10,19-22H,11H2,1-3H3/t19-,20+,21-,22+/m1/s1. The molecule has 170 valence electrons. The lowest BCUT2D eigenvalue weighted by molar-refractivity contribution is -0.186. The van der Waals surface area contributed by atoms with Crippen LogP contribution in [0.5, 0.6) is 5.75 Å². The predicted molar refractivity (Wildman–Crippen MR) is 113 cm³/mol. The fourth-order valence-corrected chi connectivity index (χ4v) is 4.44. The summed E-state index contributed by atoms with van der Waals surface area (Å²) in [4.78, 5) is 39.0. The van der Waals surface area contributed by atoms with Crippen LogP contribution in [0.2, 0.25) is 0 Å². The van der Waals surface area contributed by atoms with E-state index in [-0.39, 0.29) is 5.75 Å². The first-order valence-electron chi connectivity index (χ1n) is 9.75. The third-order valence-electron chi connectivity index (χ3n) is 4.41. The van der Waals surface area contributed by atoms with E-state index < -0.39 is 47.5 Å². The summed E-state index contributed by atoms with van der Waals surface area (Å²) < 4.78 is 35.3. The van der Waals surface area contributed by atoms with Crippen molar-refractivity contribution in [2.45, 2.75) is 44.5 Å². The summed E-state index contributed by atoms with van der Waals surface area (Å²) >= 11 is 1.26. The van der Waals surface area contributed by atoms with Gasteiger partial charge in [0.25, 0.3) is 0 Å². The maximum atomic E-state index is 13.2. The van der Waals surface area contributed by atoms with Crippen LogP contribution >= 0.6 is 11.8 Å². The van der Waals surface area contributed by atoms with Crippen LogP contribution in [-0.2, 0) is 28.6 Å². The van der Waals surface area contributed by atoms with Gasteiger partial charge >= 0.3 is 17.9 Å². The first-order valence-corrected chi connectivity index (χ1v) is 10.8. The lowest BCUT2D eigenvalue weighted by Crippen LogP contribution is -2.55. The molecule has 1 aliphatic rings. The van der Waals surface area contributed by atoms with Crippen LogP contribution in [0.4, 0.5) is 4.39 Å². The molecule has 1 fully saturated rings. The van der Waals surface area contributed by atoms with E-state index in [0.717, 1.165) is 6.20 Å². The molecule has 0 amide bonds. The molecular weight excluding hydrogens is 441 g/mol. The molecule has 0 N–H and O–H groups in total. The lowest BCUT2D eigenvalue weighted by Gasteiger charge is -2.39. The first-order chi connectivity index (χ1) is 15.2. The molecule has 3 rings (SSSR count). The van der Waals surface area contributed by atoms with Crippen LogP contribution in [-0.4, -0.2) is 52.4 Å². The van der Waals surface area contributed by atoms with Crippen LogP contribution in [0.15, 0.2) is 42.6 Å². The Kier molecular flexibility index (Phi) is 7.68. The van der Waals surface area contributed by atoms with Gasteiger partial charge in [-0.3, -0.25) is 19.4 Å². The fourth-order valence-electron chi connectivity index (χ4n) is 3.22. The Morgan fingerprint density at radius 3 is 2.28 bits per heavy atom. The number of carbonyl (C=O) groups excluding carboxylic acids is 3. The maximum Gasteiger partial charge on any atom is 0.303 e. The highest BCUT2D eigenvalue weighted by atomic mass is 32.2. The number of esters is 3. The Morgan fingerprint density at radius 1 is 0.969 bits per heavy atom. The number of thioether (sulfide) groups is 1. The van der Waals surface area contributed by atoms with E-state index in [2.05, 4.69) is 4.98 Å². The molecule has 0 saturated carbocycles. The fraction of sp³-hybridized carbons (Fsp3) is 0.364. The quantitative estimate of drug-likeness (QED) is 0.472. The average Bonchev–Trinajstić information content (AvgIpc) is 2.72. The van der Waals surface area contributed by atoms with Gasteiger partial charge in [0, 0.05) is 32.1 Å². The third kappa shape index (κ3) is 6.19. The molecule has 2 aromatic rings. The van der Waals surface area contributed by atoms with E-state index in [9.17, 15) is 18.8 Å². The maximum absolute atomic E-state index is 13.2. The van der Waals surface area contributed by atoms with Crippen LogP contribution in [0.25, 0.3) is 11.3 Å². The zero-order valence-electron chi connectivity index (χ0n) is 17.6. The number of pyridine rings is 1. The molecule has 0 spiro atoms. The minimum atomic E-state index is -1.03. The Labute approximate surface area is 188 Å². The monoisotopic (exact) mass is 463 g/mol. The molecule has 0 bridgehead atoms. The van der Waals surface area contributed by atoms with Gasteiger partial charge in [-0.15, -0.1) is 11.8 Å². The molecule has 1 aliphatic heterocycles. The van der Waals surface area contributed by atoms with Crippen molar-refractivity contribution in [3.63, 3.8) is 0 Å². The van der Waals surface area contributed by atoms with Gasteiger partial charge < -0.3 is 18.9 Å². The van der Waals surface area contributed by atoms with E-state index in [1.165, 1.54) is 38.6 Å². The average molecular weight is 463 g/mol. The summed E-state index contributed by atoms with van der Waals surface area (Å²) in [6.07, 6.45) is -1.74. The highest BCUT2D eigenvalue weighted by molar-refractivity contribution is 7.99. The number of halogens is 1. The van der Waals surface area contributed by atoms with Crippen LogP contribution in [0.1, 0.15) is 20.8 Å². The molecule has 1 aromatic heterocycles. The van der Waals surface area contributed by atoms with Gasteiger partial charge in [-0.2, -0.15) is 0 Å². The van der Waals surface area contributed by atoms with Gasteiger partial charge in [-0.1, -0.05) is 12.1 Å². The zero-order chi connectivity index (χ0) is 23.3. The van der Waals surface area contributed by atoms with Crippen molar-refractivity contribution in [2.75, 3.05) is 5.75 Å². The molecule has 0 aliphatic carbocycles. The Hall–Kier alpha value is -3.14. The Bertz CT molecular complexity index is 984. The van der Waals surface area contributed by atoms with Crippen molar-refractivity contribution in [3.05, 3.63) is 48.4 Å². The van der Waals surface area contributed by atoms with Crippen molar-refractivity contribution < 1.29 is 37.7 Å². The number of hydrogen-bond acceptors (Lipinski definition) is 9. The third-order valence-corrected chi connectivity index (χ3v) is 5.63. The second kappa shape index (κ2) is 10.4. The van der Waals surface area contributed by atoms with Gasteiger partial charge in [0.05, 0.1) is 11.9 Å². The summed E-state index contributed by atoms with van der Waals surface area (Å²) in [6.45, 7) is 3.68. The van der Waals surface area contributed by atoms with Crippen LogP contribution in [0.3, 0.4) is 0 Å². The number of hydrogen-bond donors (Lipinski definition) is 0. The van der Waals surface area contributed by atoms with E-state index in [0.29, 0.717) is 17.0 Å². The van der Waals surface area contributed by atoms with E-state index in [4.69, 9.17) is 18.9 Å². The summed E-state index contributed by atoms with van der Waals surface area (Å²) in [6, 6.07) is 9.81. The Morgan fingerprint density at radius 2 is 1.66 bits per heavy atom. The van der Waals surface area contributed by atoms with Gasteiger partial charge in [0.15, 0.2) is 23.7 Å².